The van der Waals surface area contributed by atoms with Crippen molar-refractivity contribution < 1.29 is 9.79 Å². The van der Waals surface area contributed by atoms with Crippen molar-refractivity contribution in [2.75, 3.05) is 11.0 Å². The maximum absolute atomic E-state index is 11.9. The molecule has 2 rings (SSSR count). The zero-order valence-corrected chi connectivity index (χ0v) is 13.9. The van der Waals surface area contributed by atoms with Gasteiger partial charge in [0.05, 0.1) is 17.4 Å². The zero-order chi connectivity index (χ0) is 13.0. The van der Waals surface area contributed by atoms with Crippen LogP contribution in [0.4, 0.5) is 0 Å². The van der Waals surface area contributed by atoms with E-state index in [9.17, 15) is 4.79 Å². The molecule has 0 saturated heterocycles. The number of amides is 1. The molecule has 1 aromatic carbocycles. The number of nitrogens with one attached hydrogen (secondary N) is 3. The molecule has 0 aliphatic carbocycles. The van der Waals surface area contributed by atoms with E-state index in [0.29, 0.717) is 10.8 Å². The van der Waals surface area contributed by atoms with Gasteiger partial charge < -0.3 is 0 Å². The van der Waals surface area contributed by atoms with Crippen molar-refractivity contribution in [1.29, 1.82) is 0 Å². The Hall–Kier alpha value is -0.280. The van der Waals surface area contributed by atoms with Crippen LogP contribution in [0.2, 0.25) is 0 Å². The summed E-state index contributed by atoms with van der Waals surface area (Å²) in [5, 5.41) is 1.46. The van der Waals surface area contributed by atoms with Crippen LogP contribution in [-0.2, 0) is 0 Å². The topological polar surface area (TPSA) is 55.1 Å². The molecule has 3 N–H and O–H groups in total. The van der Waals surface area contributed by atoms with Crippen LogP contribution in [0, 0.1) is 0 Å². The van der Waals surface area contributed by atoms with E-state index in [4.69, 9.17) is 0 Å². The Morgan fingerprint density at radius 2 is 2.33 bits per heavy atom. The summed E-state index contributed by atoms with van der Waals surface area (Å²) >= 11 is 7.43. The highest BCUT2D eigenvalue weighted by atomic mass is 127. The maximum atomic E-state index is 11.9. The van der Waals surface area contributed by atoms with Crippen LogP contribution in [0.3, 0.4) is 0 Å². The summed E-state index contributed by atoms with van der Waals surface area (Å²) in [6, 6.07) is 7.33. The molecule has 4 nitrogen and oxygen atoms in total. The van der Waals surface area contributed by atoms with E-state index in [0.717, 1.165) is 20.6 Å². The molecule has 1 atom stereocenters. The molecule has 1 heterocycles. The van der Waals surface area contributed by atoms with Crippen LogP contribution in [-0.4, -0.2) is 27.3 Å². The minimum Gasteiger partial charge on any atom is -0.266 e. The average molecular weight is 441 g/mol. The zero-order valence-electron chi connectivity index (χ0n) is 9.37. The molecule has 0 spiro atoms. The Labute approximate surface area is 132 Å². The van der Waals surface area contributed by atoms with E-state index in [-0.39, 0.29) is 5.91 Å². The largest absolute Gasteiger partial charge is 0.328 e. The Balaban J connectivity index is 1.88. The van der Waals surface area contributed by atoms with E-state index in [1.807, 2.05) is 18.2 Å². The molecule has 1 aliphatic rings. The number of rotatable bonds is 2. The number of thioether (sulfide) groups is 1. The van der Waals surface area contributed by atoms with E-state index >= 15 is 0 Å². The molecule has 0 radical (unpaired) electrons. The summed E-state index contributed by atoms with van der Waals surface area (Å²) in [7, 11) is 0. The molecular formula is C11H12BrIN3OS+. The summed E-state index contributed by atoms with van der Waals surface area (Å²) in [4.78, 5) is 15.1. The fraction of sp³-hybridized carbons (Fsp3) is 0.273. The summed E-state index contributed by atoms with van der Waals surface area (Å²) in [5.41, 5.74) is 6.21. The molecule has 1 unspecified atom stereocenters. The van der Waals surface area contributed by atoms with Crippen LogP contribution in [0.25, 0.3) is 0 Å². The fourth-order valence-corrected chi connectivity index (χ4v) is 3.60. The Morgan fingerprint density at radius 3 is 3.00 bits per heavy atom. The Morgan fingerprint density at radius 1 is 1.56 bits per heavy atom. The molecule has 1 aliphatic heterocycles. The van der Waals surface area contributed by atoms with Crippen molar-refractivity contribution >= 4 is 61.4 Å². The fourth-order valence-electron chi connectivity index (χ4n) is 1.44. The lowest BCUT2D eigenvalue weighted by atomic mass is 10.2. The third-order valence-electron chi connectivity index (χ3n) is 2.35. The van der Waals surface area contributed by atoms with Gasteiger partial charge in [-0.2, -0.15) is 10.9 Å². The predicted octanol–water partition coefficient (Wildman–Crippen LogP) is 0.671. The smallest absolute Gasteiger partial charge is 0.266 e. The number of amidine groups is 1. The van der Waals surface area contributed by atoms with Gasteiger partial charge in [0.1, 0.15) is 0 Å². The van der Waals surface area contributed by atoms with Gasteiger partial charge in [-0.1, -0.05) is 34.7 Å². The lowest BCUT2D eigenvalue weighted by Crippen LogP contribution is -2.74. The number of hydrazine groups is 1. The van der Waals surface area contributed by atoms with Crippen molar-refractivity contribution in [2.45, 2.75) is 5.25 Å². The minimum absolute atomic E-state index is 0.157. The highest BCUT2D eigenvalue weighted by molar-refractivity contribution is 14.1. The van der Waals surface area contributed by atoms with Gasteiger partial charge in [-0.3, -0.25) is 9.79 Å². The number of carbonyl (C=O) groups excluding carboxylic acids is 1. The Kier molecular flexibility index (Phi) is 5.31. The number of hydrogen-bond acceptors (Lipinski definition) is 3. The van der Waals surface area contributed by atoms with Crippen LogP contribution in [0.5, 0.6) is 0 Å². The number of alkyl halides is 1. The molecule has 18 heavy (non-hydrogen) atoms. The van der Waals surface area contributed by atoms with Crippen molar-refractivity contribution in [2.24, 2.45) is 0 Å². The van der Waals surface area contributed by atoms with Crippen molar-refractivity contribution in [3.63, 3.8) is 0 Å². The van der Waals surface area contributed by atoms with Gasteiger partial charge >= 0.3 is 5.17 Å². The van der Waals surface area contributed by atoms with Crippen LogP contribution < -0.4 is 15.8 Å². The van der Waals surface area contributed by atoms with Crippen LogP contribution >= 0.6 is 50.3 Å². The summed E-state index contributed by atoms with van der Waals surface area (Å²) in [6.07, 6.45) is 0. The molecule has 1 aromatic rings. The average Bonchev–Trinajstić information content (AvgIpc) is 2.84. The van der Waals surface area contributed by atoms with Gasteiger partial charge in [0.15, 0.2) is 0 Å². The second kappa shape index (κ2) is 6.76. The lowest BCUT2D eigenvalue weighted by molar-refractivity contribution is -0.450. The standard InChI is InChI=1S/C11H11BrIN3OS/c12-9-4-2-1-3-8(9)10(17)15-16-11-14-6-7(5-13)18-11/h1-4,7H,5-6H2,(H,14,16)(H,15,17)/p+1. The van der Waals surface area contributed by atoms with Crippen LogP contribution in [0.15, 0.2) is 28.7 Å². The first kappa shape index (κ1) is 14.1. The van der Waals surface area contributed by atoms with Crippen molar-refractivity contribution in [1.82, 2.24) is 10.9 Å². The second-order valence-electron chi connectivity index (χ2n) is 3.66. The molecule has 1 amide bonds. The number of hydrogen-bond donors (Lipinski definition) is 3. The SMILES string of the molecule is O=C(NNC1=[NH+]CC(CI)S1)c1ccccc1Br. The minimum atomic E-state index is -0.157. The van der Waals surface area contributed by atoms with Crippen LogP contribution in [0.1, 0.15) is 10.4 Å². The first-order chi connectivity index (χ1) is 8.70. The molecule has 0 fully saturated rings. The van der Waals surface area contributed by atoms with Gasteiger partial charge in [0.2, 0.25) is 0 Å². The number of carbonyl (C=O) groups is 1. The van der Waals surface area contributed by atoms with Gasteiger partial charge in [-0.05, 0) is 39.8 Å². The van der Waals surface area contributed by atoms with Gasteiger partial charge in [-0.15, -0.1) is 0 Å². The second-order valence-corrected chi connectivity index (χ2v) is 6.71. The van der Waals surface area contributed by atoms with Gasteiger partial charge in [-0.25, -0.2) is 0 Å². The summed E-state index contributed by atoms with van der Waals surface area (Å²) < 4.78 is 1.87. The van der Waals surface area contributed by atoms with E-state index in [1.165, 1.54) is 0 Å². The maximum Gasteiger partial charge on any atom is 0.328 e. The van der Waals surface area contributed by atoms with Crippen molar-refractivity contribution in [3.8, 4) is 0 Å². The van der Waals surface area contributed by atoms with E-state index in [2.05, 4.69) is 54.4 Å². The van der Waals surface area contributed by atoms with Gasteiger partial charge in [0, 0.05) is 8.90 Å². The Bertz CT molecular complexity index is 483. The number of halogens is 2. The first-order valence-corrected chi connectivity index (χ1v) is 8.55. The molecule has 0 bridgehead atoms. The summed E-state index contributed by atoms with van der Waals surface area (Å²) in [5.74, 6) is -0.157. The third-order valence-corrected chi connectivity index (χ3v) is 5.86. The molecule has 96 valence electrons. The molecular weight excluding hydrogens is 429 g/mol. The highest BCUT2D eigenvalue weighted by Gasteiger charge is 2.24. The first-order valence-electron chi connectivity index (χ1n) is 5.35. The highest BCUT2D eigenvalue weighted by Crippen LogP contribution is 2.16. The molecule has 0 saturated carbocycles. The predicted molar refractivity (Wildman–Crippen MR) is 85.8 cm³/mol. The quantitative estimate of drug-likeness (QED) is 0.360. The third kappa shape index (κ3) is 3.61. The van der Waals surface area contributed by atoms with E-state index < -0.39 is 0 Å². The number of benzene rings is 1. The molecule has 7 heteroatoms. The normalized spacial score (nSPS) is 18.3. The van der Waals surface area contributed by atoms with Gasteiger partial charge in [0.25, 0.3) is 5.91 Å². The monoisotopic (exact) mass is 440 g/mol. The van der Waals surface area contributed by atoms with Crippen molar-refractivity contribution in [3.05, 3.63) is 34.3 Å². The molecule has 0 aromatic heterocycles. The lowest BCUT2D eigenvalue weighted by Gasteiger charge is -2.04. The van der Waals surface area contributed by atoms with E-state index in [1.54, 1.807) is 17.8 Å². The summed E-state index contributed by atoms with van der Waals surface area (Å²) in [6.45, 7) is 0.931.